The van der Waals surface area contributed by atoms with Gasteiger partial charge in [-0.25, -0.2) is 26.8 Å². The zero-order valence-electron chi connectivity index (χ0n) is 22.7. The highest BCUT2D eigenvalue weighted by Crippen LogP contribution is 2.43. The van der Waals surface area contributed by atoms with Gasteiger partial charge >= 0.3 is 0 Å². The van der Waals surface area contributed by atoms with Gasteiger partial charge in [0.2, 0.25) is 20.0 Å². The molecule has 6 rings (SSSR count). The molecule has 216 valence electrons. The number of rotatable bonds is 5. The van der Waals surface area contributed by atoms with Gasteiger partial charge in [-0.3, -0.25) is 5.10 Å². The van der Waals surface area contributed by atoms with Gasteiger partial charge in [-0.2, -0.15) is 8.81 Å². The first-order valence-electron chi connectivity index (χ1n) is 13.3. The summed E-state index contributed by atoms with van der Waals surface area (Å²) in [5.41, 5.74) is 9.04. The molecule has 5 heterocycles. The lowest BCUT2D eigenvalue weighted by Gasteiger charge is -2.41. The summed E-state index contributed by atoms with van der Waals surface area (Å²) in [7, 11) is -8.16. The van der Waals surface area contributed by atoms with Crippen molar-refractivity contribution in [3.63, 3.8) is 0 Å². The van der Waals surface area contributed by atoms with Crippen molar-refractivity contribution in [2.45, 2.75) is 44.8 Å². The summed E-state index contributed by atoms with van der Waals surface area (Å²) >= 11 is 0. The zero-order valence-corrected chi connectivity index (χ0v) is 24.4. The van der Waals surface area contributed by atoms with E-state index in [1.165, 1.54) is 6.07 Å². The molecule has 15 heteroatoms. The van der Waals surface area contributed by atoms with Crippen LogP contribution in [-0.2, 0) is 31.2 Å². The normalized spacial score (nSPS) is 23.1. The Morgan fingerprint density at radius 3 is 2.50 bits per heavy atom. The van der Waals surface area contributed by atoms with Crippen LogP contribution in [0.1, 0.15) is 31.7 Å². The van der Waals surface area contributed by atoms with Gasteiger partial charge in [0.15, 0.2) is 17.0 Å². The molecule has 0 unspecified atom stereocenters. The molecule has 3 aromatic rings. The summed E-state index contributed by atoms with van der Waals surface area (Å²) in [4.78, 5) is 13.7. The number of aromatic amines is 1. The Labute approximate surface area is 233 Å². The number of nitrogens with one attached hydrogen (secondary N) is 1. The van der Waals surface area contributed by atoms with E-state index in [1.807, 2.05) is 17.9 Å². The van der Waals surface area contributed by atoms with E-state index in [1.54, 1.807) is 12.3 Å². The topological polar surface area (TPSA) is 168 Å². The van der Waals surface area contributed by atoms with Gasteiger partial charge in [0.25, 0.3) is 0 Å². The van der Waals surface area contributed by atoms with Gasteiger partial charge in [-0.15, -0.1) is 0 Å². The first-order valence-corrected chi connectivity index (χ1v) is 17.0. The SMILES string of the molecule is C[C@@H]1OCC2(CCN(c3cnc4c(N5CCCc6c5cccc6N(S(C)(=O)=O)S(C)(=O)=O)n[nH]c4n3)CC2)[C@@H]1N. The first kappa shape index (κ1) is 27.2. The summed E-state index contributed by atoms with van der Waals surface area (Å²) in [5.74, 6) is 1.31. The van der Waals surface area contributed by atoms with E-state index in [4.69, 9.17) is 20.4 Å². The van der Waals surface area contributed by atoms with Crippen molar-refractivity contribution < 1.29 is 21.6 Å². The maximum absolute atomic E-state index is 12.5. The summed E-state index contributed by atoms with van der Waals surface area (Å²) in [6, 6.07) is 5.05. The lowest BCUT2D eigenvalue weighted by atomic mass is 9.73. The van der Waals surface area contributed by atoms with Crippen molar-refractivity contribution in [2.75, 3.05) is 52.3 Å². The molecule has 2 fully saturated rings. The number of hydrogen-bond acceptors (Lipinski definition) is 11. The molecule has 13 nitrogen and oxygen atoms in total. The highest BCUT2D eigenvalue weighted by molar-refractivity contribution is 8.09. The molecular weight excluding hydrogens is 556 g/mol. The van der Waals surface area contributed by atoms with Crippen LogP contribution in [0.15, 0.2) is 24.4 Å². The number of hydrogen-bond donors (Lipinski definition) is 2. The molecule has 0 amide bonds. The number of ether oxygens (including phenoxy) is 1. The molecule has 0 bridgehead atoms. The molecule has 2 atom stereocenters. The molecule has 3 aliphatic rings. The lowest BCUT2D eigenvalue weighted by Crippen LogP contribution is -2.50. The predicted octanol–water partition coefficient (Wildman–Crippen LogP) is 1.50. The number of H-pyrrole nitrogens is 1. The van der Waals surface area contributed by atoms with Crippen LogP contribution < -0.4 is 19.2 Å². The van der Waals surface area contributed by atoms with Crippen molar-refractivity contribution in [1.82, 2.24) is 20.2 Å². The number of anilines is 4. The van der Waals surface area contributed by atoms with Gasteiger partial charge < -0.3 is 20.3 Å². The van der Waals surface area contributed by atoms with Crippen molar-refractivity contribution in [3.8, 4) is 0 Å². The molecule has 3 aliphatic heterocycles. The van der Waals surface area contributed by atoms with Gasteiger partial charge in [0.05, 0.1) is 37.1 Å². The maximum Gasteiger partial charge on any atom is 0.245 e. The molecule has 0 saturated carbocycles. The molecule has 1 aromatic carbocycles. The Hall–Kier alpha value is -3.01. The fourth-order valence-electron chi connectivity index (χ4n) is 6.38. The molecule has 2 aromatic heterocycles. The molecule has 3 N–H and O–H groups in total. The monoisotopic (exact) mass is 590 g/mol. The van der Waals surface area contributed by atoms with E-state index in [2.05, 4.69) is 15.1 Å². The molecule has 1 spiro atoms. The van der Waals surface area contributed by atoms with Crippen LogP contribution in [0, 0.1) is 5.41 Å². The third-order valence-corrected chi connectivity index (χ3v) is 11.7. The molecular formula is C25H34N8O5S2. The zero-order chi connectivity index (χ0) is 28.4. The second-order valence-corrected chi connectivity index (χ2v) is 15.0. The van der Waals surface area contributed by atoms with Crippen LogP contribution >= 0.6 is 0 Å². The van der Waals surface area contributed by atoms with Crippen molar-refractivity contribution in [3.05, 3.63) is 30.0 Å². The average Bonchev–Trinajstić information content (AvgIpc) is 3.44. The Kier molecular flexibility index (Phi) is 6.48. The van der Waals surface area contributed by atoms with Crippen LogP contribution in [0.5, 0.6) is 0 Å². The van der Waals surface area contributed by atoms with Crippen LogP contribution in [0.2, 0.25) is 0 Å². The molecule has 0 radical (unpaired) electrons. The summed E-state index contributed by atoms with van der Waals surface area (Å²) in [6.07, 6.45) is 6.65. The van der Waals surface area contributed by atoms with Crippen molar-refractivity contribution in [2.24, 2.45) is 11.1 Å². The number of sulfonamides is 2. The summed E-state index contributed by atoms with van der Waals surface area (Å²) < 4.78 is 56.3. The van der Waals surface area contributed by atoms with E-state index < -0.39 is 20.0 Å². The van der Waals surface area contributed by atoms with Crippen LogP contribution in [0.3, 0.4) is 0 Å². The molecule has 0 aliphatic carbocycles. The number of benzene rings is 1. The van der Waals surface area contributed by atoms with Gasteiger partial charge in [-0.1, -0.05) is 6.07 Å². The van der Waals surface area contributed by atoms with Gasteiger partial charge in [-0.05, 0) is 44.7 Å². The van der Waals surface area contributed by atoms with E-state index >= 15 is 0 Å². The predicted molar refractivity (Wildman–Crippen MR) is 153 cm³/mol. The number of fused-ring (bicyclic) bond motifs is 2. The second kappa shape index (κ2) is 9.53. The van der Waals surface area contributed by atoms with Crippen LogP contribution in [-0.4, -0.2) is 87.9 Å². The van der Waals surface area contributed by atoms with Crippen molar-refractivity contribution in [1.29, 1.82) is 0 Å². The molecule has 2 saturated heterocycles. The Morgan fingerprint density at radius 1 is 1.12 bits per heavy atom. The second-order valence-electron chi connectivity index (χ2n) is 11.1. The Balaban J connectivity index is 1.30. The molecule has 40 heavy (non-hydrogen) atoms. The van der Waals surface area contributed by atoms with E-state index in [-0.39, 0.29) is 23.2 Å². The number of aromatic nitrogens is 4. The highest BCUT2D eigenvalue weighted by Gasteiger charge is 2.47. The van der Waals surface area contributed by atoms with Gasteiger partial charge in [0.1, 0.15) is 5.82 Å². The summed E-state index contributed by atoms with van der Waals surface area (Å²) in [6.45, 7) is 4.96. The minimum atomic E-state index is -4.08. The van der Waals surface area contributed by atoms with Crippen molar-refractivity contribution >= 4 is 54.2 Å². The average molecular weight is 591 g/mol. The third kappa shape index (κ3) is 4.48. The Bertz CT molecular complexity index is 1640. The number of piperidine rings is 1. The number of nitrogens with zero attached hydrogens (tertiary/aromatic N) is 6. The van der Waals surface area contributed by atoms with Crippen LogP contribution in [0.4, 0.5) is 23.0 Å². The maximum atomic E-state index is 12.5. The van der Waals surface area contributed by atoms with E-state index in [9.17, 15) is 16.8 Å². The first-order chi connectivity index (χ1) is 18.9. The summed E-state index contributed by atoms with van der Waals surface area (Å²) in [5, 5.41) is 7.54. The smallest absolute Gasteiger partial charge is 0.245 e. The van der Waals surface area contributed by atoms with E-state index in [0.29, 0.717) is 57.9 Å². The van der Waals surface area contributed by atoms with Gasteiger partial charge in [0, 0.05) is 42.3 Å². The minimum Gasteiger partial charge on any atom is -0.376 e. The van der Waals surface area contributed by atoms with Crippen LogP contribution in [0.25, 0.3) is 11.2 Å². The fourth-order valence-corrected chi connectivity index (χ4v) is 9.40. The standard InChI is InChI=1S/C25H34N8O5S2/c1-16-22(26)25(15-38-16)9-12-31(13-10-25)20-14-27-21-23(28-20)29-30-24(21)32-11-5-6-17-18(32)7-4-8-19(17)33(39(2,34)35)40(3,36)37/h4,7-8,14,16,22H,5-6,9-13,15,26H2,1-3H3,(H,28,29,30)/t16-,22+/m0/s1. The third-order valence-electron chi connectivity index (χ3n) is 8.45. The van der Waals surface area contributed by atoms with E-state index in [0.717, 1.165) is 44.3 Å². The quantitative estimate of drug-likeness (QED) is 0.442. The Morgan fingerprint density at radius 2 is 1.85 bits per heavy atom. The minimum absolute atomic E-state index is 0.0128. The highest BCUT2D eigenvalue weighted by atomic mass is 32.3. The lowest BCUT2D eigenvalue weighted by molar-refractivity contribution is 0.0974. The fraction of sp³-hybridized carbons (Fsp3) is 0.560. The largest absolute Gasteiger partial charge is 0.376 e. The number of nitrogens with two attached hydrogens (primary N) is 1.